The number of hydrogen-bond acceptors (Lipinski definition) is 6. The summed E-state index contributed by atoms with van der Waals surface area (Å²) in [5.41, 5.74) is 0.183. The highest BCUT2D eigenvalue weighted by Crippen LogP contribution is 2.35. The minimum atomic E-state index is -3.50. The first-order valence-electron chi connectivity index (χ1n) is 9.63. The molecule has 0 aromatic heterocycles. The summed E-state index contributed by atoms with van der Waals surface area (Å²) in [5, 5.41) is 15.9. The van der Waals surface area contributed by atoms with Crippen molar-refractivity contribution in [3.8, 4) is 0 Å². The minimum absolute atomic E-state index is 0.123. The van der Waals surface area contributed by atoms with Gasteiger partial charge < -0.3 is 15.3 Å². The van der Waals surface area contributed by atoms with E-state index in [9.17, 15) is 23.1 Å². The maximum Gasteiger partial charge on any atom is 0.326 e. The number of amides is 1. The molecular weight excluding hydrogens is 412 g/mol. The third-order valence-corrected chi connectivity index (χ3v) is 7.35. The molecule has 30 heavy (non-hydrogen) atoms. The van der Waals surface area contributed by atoms with E-state index in [1.807, 2.05) is 6.07 Å². The molecule has 1 saturated heterocycles. The number of nitrogens with zero attached hydrogens (tertiary/aromatic N) is 3. The van der Waals surface area contributed by atoms with Crippen LogP contribution in [0.1, 0.15) is 24.8 Å². The Morgan fingerprint density at radius 1 is 1.27 bits per heavy atom. The van der Waals surface area contributed by atoms with Crippen molar-refractivity contribution < 1.29 is 28.0 Å². The molecule has 1 amide bonds. The topological polar surface area (TPSA) is 129 Å². The second kappa shape index (κ2) is 8.70. The molecule has 1 spiro atoms. The van der Waals surface area contributed by atoms with Crippen LogP contribution in [0.4, 0.5) is 0 Å². The van der Waals surface area contributed by atoms with Crippen molar-refractivity contribution in [2.45, 2.75) is 37.3 Å². The predicted molar refractivity (Wildman–Crippen MR) is 109 cm³/mol. The summed E-state index contributed by atoms with van der Waals surface area (Å²) in [6, 6.07) is 7.93. The van der Waals surface area contributed by atoms with Gasteiger partial charge in [0.05, 0.1) is 0 Å². The van der Waals surface area contributed by atoms with E-state index < -0.39 is 33.7 Å². The normalized spacial score (nSPS) is 19.9. The van der Waals surface area contributed by atoms with Gasteiger partial charge in [-0.3, -0.25) is 4.79 Å². The molecule has 0 aliphatic carbocycles. The highest BCUT2D eigenvalue weighted by molar-refractivity contribution is 7.86. The minimum Gasteiger partial charge on any atom is -0.480 e. The lowest BCUT2D eigenvalue weighted by Crippen LogP contribution is -2.50. The number of rotatable bonds is 7. The third kappa shape index (κ3) is 4.79. The highest BCUT2D eigenvalue weighted by atomic mass is 32.2. The number of carboxylic acid groups (broad SMARTS) is 1. The fourth-order valence-corrected chi connectivity index (χ4v) is 4.66. The van der Waals surface area contributed by atoms with Gasteiger partial charge in [-0.25, -0.2) is 4.79 Å². The van der Waals surface area contributed by atoms with Crippen LogP contribution in [-0.4, -0.2) is 78.6 Å². The second-order valence-corrected chi connectivity index (χ2v) is 9.87. The molecule has 1 fully saturated rings. The van der Waals surface area contributed by atoms with Gasteiger partial charge >= 0.3 is 5.97 Å². The standard InChI is InChI=1S/C19H26N4O6S/c1-22(2)30(27,28)23-10-8-19(9-11-23)13-16(21-29-19)17(24)20-15(18(25)26)12-14-6-4-3-5-7-14/h3-7,15H,8-13H2,1-2H3,(H,20,24)(H,25,26). The quantitative estimate of drug-likeness (QED) is 0.627. The molecule has 1 unspecified atom stereocenters. The molecule has 3 rings (SSSR count). The zero-order valence-corrected chi connectivity index (χ0v) is 17.8. The van der Waals surface area contributed by atoms with Crippen LogP contribution in [0.15, 0.2) is 35.5 Å². The molecule has 2 N–H and O–H groups in total. The number of nitrogens with one attached hydrogen (secondary N) is 1. The largest absolute Gasteiger partial charge is 0.480 e. The molecular formula is C19H26N4O6S. The molecule has 1 aromatic rings. The smallest absolute Gasteiger partial charge is 0.326 e. The number of hydrogen-bond donors (Lipinski definition) is 2. The Morgan fingerprint density at radius 2 is 1.90 bits per heavy atom. The third-order valence-electron chi connectivity index (χ3n) is 5.41. The van der Waals surface area contributed by atoms with E-state index in [1.54, 1.807) is 24.3 Å². The van der Waals surface area contributed by atoms with Gasteiger partial charge in [0.2, 0.25) is 0 Å². The first kappa shape index (κ1) is 22.2. The molecule has 11 heteroatoms. The van der Waals surface area contributed by atoms with Gasteiger partial charge in [0.1, 0.15) is 17.4 Å². The molecule has 2 heterocycles. The van der Waals surface area contributed by atoms with Crippen LogP contribution in [-0.2, 0) is 31.1 Å². The number of carboxylic acids is 1. The van der Waals surface area contributed by atoms with E-state index in [1.165, 1.54) is 18.4 Å². The Morgan fingerprint density at radius 3 is 2.47 bits per heavy atom. The summed E-state index contributed by atoms with van der Waals surface area (Å²) in [6.45, 7) is 0.521. The van der Waals surface area contributed by atoms with Crippen LogP contribution in [0.25, 0.3) is 0 Å². The zero-order chi connectivity index (χ0) is 21.9. The molecule has 0 radical (unpaired) electrons. The Kier molecular flexibility index (Phi) is 6.44. The molecule has 1 aromatic carbocycles. The van der Waals surface area contributed by atoms with Gasteiger partial charge in [-0.05, 0) is 5.56 Å². The van der Waals surface area contributed by atoms with E-state index in [0.717, 1.165) is 9.87 Å². The van der Waals surface area contributed by atoms with Crippen LogP contribution in [0.5, 0.6) is 0 Å². The van der Waals surface area contributed by atoms with Gasteiger partial charge in [-0.2, -0.15) is 17.0 Å². The van der Waals surface area contributed by atoms with Crippen LogP contribution in [0, 0.1) is 0 Å². The maximum atomic E-state index is 12.6. The van der Waals surface area contributed by atoms with E-state index in [2.05, 4.69) is 10.5 Å². The van der Waals surface area contributed by atoms with Gasteiger partial charge in [0.25, 0.3) is 16.1 Å². The van der Waals surface area contributed by atoms with Crippen molar-refractivity contribution in [1.82, 2.24) is 13.9 Å². The Bertz CT molecular complexity index is 924. The van der Waals surface area contributed by atoms with E-state index in [0.29, 0.717) is 12.8 Å². The number of piperidine rings is 1. The summed E-state index contributed by atoms with van der Waals surface area (Å²) in [6.07, 6.45) is 1.16. The summed E-state index contributed by atoms with van der Waals surface area (Å²) in [7, 11) is -0.546. The molecule has 2 aliphatic rings. The number of benzene rings is 1. The monoisotopic (exact) mass is 438 g/mol. The summed E-state index contributed by atoms with van der Waals surface area (Å²) in [4.78, 5) is 29.7. The first-order valence-corrected chi connectivity index (χ1v) is 11.0. The van der Waals surface area contributed by atoms with Gasteiger partial charge in [0, 0.05) is 52.9 Å². The van der Waals surface area contributed by atoms with Crippen molar-refractivity contribution in [3.63, 3.8) is 0 Å². The molecule has 164 valence electrons. The number of oxime groups is 1. The summed E-state index contributed by atoms with van der Waals surface area (Å²) < 4.78 is 27.1. The van der Waals surface area contributed by atoms with Crippen LogP contribution >= 0.6 is 0 Å². The van der Waals surface area contributed by atoms with Crippen LogP contribution in [0.2, 0.25) is 0 Å². The maximum absolute atomic E-state index is 12.6. The van der Waals surface area contributed by atoms with Crippen molar-refractivity contribution in [1.29, 1.82) is 0 Å². The Balaban J connectivity index is 1.58. The van der Waals surface area contributed by atoms with E-state index >= 15 is 0 Å². The van der Waals surface area contributed by atoms with E-state index in [-0.39, 0.29) is 31.6 Å². The average molecular weight is 439 g/mol. The highest BCUT2D eigenvalue weighted by Gasteiger charge is 2.46. The zero-order valence-electron chi connectivity index (χ0n) is 16.9. The lowest BCUT2D eigenvalue weighted by molar-refractivity contribution is -0.141. The number of carbonyl (C=O) groups is 2. The Hall–Kier alpha value is -2.50. The Labute approximate surface area is 175 Å². The summed E-state index contributed by atoms with van der Waals surface area (Å²) >= 11 is 0. The van der Waals surface area contributed by atoms with Crippen molar-refractivity contribution in [2.24, 2.45) is 5.16 Å². The SMILES string of the molecule is CN(C)S(=O)(=O)N1CCC2(CC1)CC(C(=O)NC(Cc1ccccc1)C(=O)O)=NO2. The summed E-state index contributed by atoms with van der Waals surface area (Å²) in [5.74, 6) is -1.72. The fourth-order valence-electron chi connectivity index (χ4n) is 3.56. The van der Waals surface area contributed by atoms with Crippen molar-refractivity contribution in [2.75, 3.05) is 27.2 Å². The molecule has 0 bridgehead atoms. The first-order chi connectivity index (χ1) is 14.1. The van der Waals surface area contributed by atoms with E-state index in [4.69, 9.17) is 4.84 Å². The second-order valence-electron chi connectivity index (χ2n) is 7.73. The fraction of sp³-hybridized carbons (Fsp3) is 0.526. The number of aliphatic carboxylic acids is 1. The molecule has 1 atom stereocenters. The van der Waals surface area contributed by atoms with Gasteiger partial charge in [-0.1, -0.05) is 35.5 Å². The van der Waals surface area contributed by atoms with Crippen LogP contribution in [0.3, 0.4) is 0 Å². The average Bonchev–Trinajstić information content (AvgIpc) is 3.12. The van der Waals surface area contributed by atoms with Crippen molar-refractivity contribution >= 4 is 27.8 Å². The predicted octanol–water partition coefficient (Wildman–Crippen LogP) is 0.216. The number of carbonyl (C=O) groups excluding carboxylic acids is 1. The molecule has 2 aliphatic heterocycles. The van der Waals surface area contributed by atoms with Crippen molar-refractivity contribution in [3.05, 3.63) is 35.9 Å². The lowest BCUT2D eigenvalue weighted by atomic mass is 9.87. The molecule has 0 saturated carbocycles. The molecule has 10 nitrogen and oxygen atoms in total. The van der Waals surface area contributed by atoms with Crippen LogP contribution < -0.4 is 5.32 Å². The van der Waals surface area contributed by atoms with Gasteiger partial charge in [-0.15, -0.1) is 0 Å². The lowest BCUT2D eigenvalue weighted by Gasteiger charge is -2.37. The van der Waals surface area contributed by atoms with Gasteiger partial charge in [0.15, 0.2) is 0 Å².